The standard InChI is InChI=1S/C16H9ClF4N2O2/c17-12-7-11(18)4-5-13(12)24-8-14-22-15(23-25-14)9-2-1-3-10(6-9)16(19,20)21/h1-7H,8H2. The van der Waals surface area contributed by atoms with Crippen molar-refractivity contribution in [3.8, 4) is 17.1 Å². The van der Waals surface area contributed by atoms with E-state index in [1.807, 2.05) is 0 Å². The van der Waals surface area contributed by atoms with E-state index in [2.05, 4.69) is 10.1 Å². The molecule has 0 aliphatic heterocycles. The van der Waals surface area contributed by atoms with Crippen molar-refractivity contribution in [2.24, 2.45) is 0 Å². The van der Waals surface area contributed by atoms with Gasteiger partial charge >= 0.3 is 6.18 Å². The molecular weight excluding hydrogens is 364 g/mol. The Morgan fingerprint density at radius 1 is 1.12 bits per heavy atom. The second-order valence-electron chi connectivity index (χ2n) is 4.95. The highest BCUT2D eigenvalue weighted by Gasteiger charge is 2.30. The topological polar surface area (TPSA) is 48.2 Å². The normalized spacial score (nSPS) is 11.6. The van der Waals surface area contributed by atoms with Crippen molar-refractivity contribution in [1.29, 1.82) is 0 Å². The predicted molar refractivity (Wildman–Crippen MR) is 80.5 cm³/mol. The monoisotopic (exact) mass is 372 g/mol. The van der Waals surface area contributed by atoms with E-state index < -0.39 is 17.6 Å². The van der Waals surface area contributed by atoms with Gasteiger partial charge in [0, 0.05) is 5.56 Å². The third kappa shape index (κ3) is 4.08. The van der Waals surface area contributed by atoms with Gasteiger partial charge in [-0.2, -0.15) is 18.2 Å². The van der Waals surface area contributed by atoms with Crippen LogP contribution in [0.5, 0.6) is 5.75 Å². The van der Waals surface area contributed by atoms with Crippen molar-refractivity contribution in [2.75, 3.05) is 0 Å². The third-order valence-electron chi connectivity index (χ3n) is 3.16. The number of hydrogen-bond acceptors (Lipinski definition) is 4. The second-order valence-corrected chi connectivity index (χ2v) is 5.36. The summed E-state index contributed by atoms with van der Waals surface area (Å²) in [5.74, 6) is -0.272. The van der Waals surface area contributed by atoms with Crippen molar-refractivity contribution < 1.29 is 26.8 Å². The second kappa shape index (κ2) is 6.72. The summed E-state index contributed by atoms with van der Waals surface area (Å²) in [4.78, 5) is 3.98. The van der Waals surface area contributed by atoms with Crippen LogP contribution in [0.3, 0.4) is 0 Å². The van der Waals surface area contributed by atoms with Crippen molar-refractivity contribution in [3.05, 3.63) is 64.8 Å². The zero-order chi connectivity index (χ0) is 18.0. The van der Waals surface area contributed by atoms with Crippen LogP contribution in [0.15, 0.2) is 47.0 Å². The summed E-state index contributed by atoms with van der Waals surface area (Å²) in [6.07, 6.45) is -4.47. The van der Waals surface area contributed by atoms with Gasteiger partial charge in [-0.05, 0) is 30.3 Å². The van der Waals surface area contributed by atoms with Gasteiger partial charge in [0.15, 0.2) is 6.61 Å². The molecule has 4 nitrogen and oxygen atoms in total. The highest BCUT2D eigenvalue weighted by atomic mass is 35.5. The fourth-order valence-corrected chi connectivity index (χ4v) is 2.22. The van der Waals surface area contributed by atoms with Gasteiger partial charge in [0.05, 0.1) is 10.6 Å². The van der Waals surface area contributed by atoms with Gasteiger partial charge in [-0.3, -0.25) is 0 Å². The van der Waals surface area contributed by atoms with E-state index in [1.165, 1.54) is 24.3 Å². The van der Waals surface area contributed by atoms with E-state index in [9.17, 15) is 17.6 Å². The Morgan fingerprint density at radius 3 is 2.64 bits per heavy atom. The molecule has 0 unspecified atom stereocenters. The highest BCUT2D eigenvalue weighted by molar-refractivity contribution is 6.32. The zero-order valence-corrected chi connectivity index (χ0v) is 13.1. The maximum atomic E-state index is 13.0. The molecule has 0 radical (unpaired) electrons. The predicted octanol–water partition coefficient (Wildman–Crippen LogP) is 5.13. The van der Waals surface area contributed by atoms with Gasteiger partial charge < -0.3 is 9.26 Å². The van der Waals surface area contributed by atoms with Crippen LogP contribution in [-0.4, -0.2) is 10.1 Å². The number of ether oxygens (including phenoxy) is 1. The molecule has 0 bridgehead atoms. The number of benzene rings is 2. The fraction of sp³-hybridized carbons (Fsp3) is 0.125. The number of aromatic nitrogens is 2. The minimum atomic E-state index is -4.47. The van der Waals surface area contributed by atoms with Crippen molar-refractivity contribution >= 4 is 11.6 Å². The number of hydrogen-bond donors (Lipinski definition) is 0. The third-order valence-corrected chi connectivity index (χ3v) is 3.46. The van der Waals surface area contributed by atoms with Gasteiger partial charge in [0.1, 0.15) is 11.6 Å². The molecule has 0 aliphatic rings. The highest BCUT2D eigenvalue weighted by Crippen LogP contribution is 2.31. The molecule has 0 amide bonds. The molecule has 1 heterocycles. The molecule has 130 valence electrons. The first-order valence-electron chi connectivity index (χ1n) is 6.91. The smallest absolute Gasteiger partial charge is 0.416 e. The zero-order valence-electron chi connectivity index (χ0n) is 12.3. The molecule has 3 aromatic rings. The molecule has 0 saturated carbocycles. The van der Waals surface area contributed by atoms with Gasteiger partial charge in [-0.1, -0.05) is 28.9 Å². The van der Waals surface area contributed by atoms with E-state index in [4.69, 9.17) is 20.9 Å². The summed E-state index contributed by atoms with van der Waals surface area (Å²) in [7, 11) is 0. The largest absolute Gasteiger partial charge is 0.482 e. The molecule has 0 atom stereocenters. The van der Waals surface area contributed by atoms with Crippen molar-refractivity contribution in [2.45, 2.75) is 12.8 Å². The Hall–Kier alpha value is -2.61. The van der Waals surface area contributed by atoms with Crippen LogP contribution in [0.2, 0.25) is 5.02 Å². The number of nitrogens with zero attached hydrogens (tertiary/aromatic N) is 2. The summed E-state index contributed by atoms with van der Waals surface area (Å²) < 4.78 is 61.5. The Morgan fingerprint density at radius 2 is 1.92 bits per heavy atom. The Labute approximate surface area is 144 Å². The fourth-order valence-electron chi connectivity index (χ4n) is 2.00. The van der Waals surface area contributed by atoms with Crippen LogP contribution in [0.1, 0.15) is 11.5 Å². The van der Waals surface area contributed by atoms with E-state index in [0.29, 0.717) is 0 Å². The number of alkyl halides is 3. The van der Waals surface area contributed by atoms with Crippen LogP contribution < -0.4 is 4.74 Å². The molecule has 3 rings (SSSR count). The van der Waals surface area contributed by atoms with Gasteiger partial charge in [-0.25, -0.2) is 4.39 Å². The molecule has 25 heavy (non-hydrogen) atoms. The Kier molecular flexibility index (Phi) is 4.63. The van der Waals surface area contributed by atoms with E-state index in [0.717, 1.165) is 18.2 Å². The number of rotatable bonds is 4. The van der Waals surface area contributed by atoms with Crippen molar-refractivity contribution in [1.82, 2.24) is 10.1 Å². The molecule has 0 N–H and O–H groups in total. The summed E-state index contributed by atoms with van der Waals surface area (Å²) in [5, 5.41) is 3.70. The molecule has 9 heteroatoms. The van der Waals surface area contributed by atoms with Crippen molar-refractivity contribution in [3.63, 3.8) is 0 Å². The summed E-state index contributed by atoms with van der Waals surface area (Å²) in [6.45, 7) is -0.169. The van der Waals surface area contributed by atoms with Crippen LogP contribution >= 0.6 is 11.6 Å². The lowest BCUT2D eigenvalue weighted by Gasteiger charge is -2.06. The first kappa shape index (κ1) is 17.2. The average molecular weight is 373 g/mol. The molecule has 0 spiro atoms. The van der Waals surface area contributed by atoms with E-state index in [1.54, 1.807) is 0 Å². The molecule has 0 aliphatic carbocycles. The Bertz CT molecular complexity index is 896. The molecule has 0 fully saturated rings. The van der Waals surface area contributed by atoms with Crippen LogP contribution in [0.25, 0.3) is 11.4 Å². The molecule has 1 aromatic heterocycles. The van der Waals surface area contributed by atoms with Crippen LogP contribution in [0, 0.1) is 5.82 Å². The van der Waals surface area contributed by atoms with E-state index in [-0.39, 0.29) is 34.7 Å². The minimum absolute atomic E-state index is 0.00472. The summed E-state index contributed by atoms with van der Waals surface area (Å²) >= 11 is 5.82. The van der Waals surface area contributed by atoms with Crippen LogP contribution in [-0.2, 0) is 12.8 Å². The molecular formula is C16H9ClF4N2O2. The number of halogens is 5. The lowest BCUT2D eigenvalue weighted by atomic mass is 10.1. The van der Waals surface area contributed by atoms with Crippen LogP contribution in [0.4, 0.5) is 17.6 Å². The maximum Gasteiger partial charge on any atom is 0.416 e. The minimum Gasteiger partial charge on any atom is -0.482 e. The average Bonchev–Trinajstić information content (AvgIpc) is 3.02. The Balaban J connectivity index is 1.74. The van der Waals surface area contributed by atoms with Gasteiger partial charge in [0.2, 0.25) is 5.82 Å². The quantitative estimate of drug-likeness (QED) is 0.596. The van der Waals surface area contributed by atoms with E-state index >= 15 is 0 Å². The molecule has 2 aromatic carbocycles. The maximum absolute atomic E-state index is 13.0. The summed E-state index contributed by atoms with van der Waals surface area (Å²) in [5.41, 5.74) is -0.657. The lowest BCUT2D eigenvalue weighted by molar-refractivity contribution is -0.137. The first-order valence-corrected chi connectivity index (χ1v) is 7.29. The SMILES string of the molecule is Fc1ccc(OCc2nc(-c3cccc(C(F)(F)F)c3)no2)c(Cl)c1. The van der Waals surface area contributed by atoms with Gasteiger partial charge in [-0.15, -0.1) is 0 Å². The van der Waals surface area contributed by atoms with Gasteiger partial charge in [0.25, 0.3) is 5.89 Å². The first-order chi connectivity index (χ1) is 11.8. The summed E-state index contributed by atoms with van der Waals surface area (Å²) in [6, 6.07) is 8.14. The lowest BCUT2D eigenvalue weighted by Crippen LogP contribution is -2.04. The molecule has 0 saturated heterocycles.